The minimum atomic E-state index is -2.79. The molecule has 0 saturated heterocycles. The van der Waals surface area contributed by atoms with Crippen molar-refractivity contribution in [3.8, 4) is 0 Å². The summed E-state index contributed by atoms with van der Waals surface area (Å²) in [5, 5.41) is 3.53. The van der Waals surface area contributed by atoms with Crippen molar-refractivity contribution in [2.75, 3.05) is 18.1 Å². The third-order valence-corrected chi connectivity index (χ3v) is 5.77. The summed E-state index contributed by atoms with van der Waals surface area (Å²) < 4.78 is 23.5. The lowest BCUT2D eigenvalue weighted by molar-refractivity contribution is 0.382. The van der Waals surface area contributed by atoms with Crippen molar-refractivity contribution in [3.05, 3.63) is 0 Å². The molecule has 4 heteroatoms. The molecule has 0 bridgehead atoms. The molecule has 0 amide bonds. The molecule has 1 fully saturated rings. The van der Waals surface area contributed by atoms with E-state index < -0.39 is 9.84 Å². The molecule has 108 valence electrons. The van der Waals surface area contributed by atoms with Crippen molar-refractivity contribution in [2.45, 2.75) is 64.8 Å². The van der Waals surface area contributed by atoms with Gasteiger partial charge in [0.1, 0.15) is 9.84 Å². The highest BCUT2D eigenvalue weighted by Gasteiger charge is 2.21. The van der Waals surface area contributed by atoms with E-state index in [2.05, 4.69) is 12.2 Å². The normalized spacial score (nSPS) is 25.9. The van der Waals surface area contributed by atoms with Crippen LogP contribution in [0.25, 0.3) is 0 Å². The molecule has 0 aromatic rings. The van der Waals surface area contributed by atoms with Crippen LogP contribution >= 0.6 is 0 Å². The fourth-order valence-corrected chi connectivity index (χ4v) is 4.48. The van der Waals surface area contributed by atoms with Crippen LogP contribution in [0, 0.1) is 5.92 Å². The first-order valence-electron chi connectivity index (χ1n) is 7.51. The van der Waals surface area contributed by atoms with Crippen molar-refractivity contribution in [1.29, 1.82) is 0 Å². The Balaban J connectivity index is 2.40. The molecule has 2 atom stereocenters. The molecule has 1 aliphatic rings. The summed E-state index contributed by atoms with van der Waals surface area (Å²) in [4.78, 5) is 0. The van der Waals surface area contributed by atoms with E-state index in [-0.39, 0.29) is 0 Å². The first-order chi connectivity index (χ1) is 8.57. The van der Waals surface area contributed by atoms with Crippen LogP contribution in [-0.2, 0) is 9.84 Å². The van der Waals surface area contributed by atoms with Gasteiger partial charge < -0.3 is 5.32 Å². The van der Waals surface area contributed by atoms with Crippen LogP contribution < -0.4 is 5.32 Å². The Bertz CT molecular complexity index is 314. The molecular formula is C14H29NO2S. The Kier molecular flexibility index (Phi) is 7.23. The topological polar surface area (TPSA) is 46.2 Å². The lowest BCUT2D eigenvalue weighted by Crippen LogP contribution is -2.30. The molecule has 1 aliphatic carbocycles. The first-order valence-corrected chi connectivity index (χ1v) is 9.33. The second kappa shape index (κ2) is 8.16. The Morgan fingerprint density at radius 2 is 1.83 bits per heavy atom. The molecule has 0 aromatic carbocycles. The zero-order chi connectivity index (χ0) is 13.4. The lowest BCUT2D eigenvalue weighted by Gasteiger charge is -2.20. The van der Waals surface area contributed by atoms with Crippen LogP contribution in [0.15, 0.2) is 0 Å². The fraction of sp³-hybridized carbons (Fsp3) is 1.00. The average molecular weight is 275 g/mol. The van der Waals surface area contributed by atoms with Crippen molar-refractivity contribution in [1.82, 2.24) is 5.32 Å². The zero-order valence-corrected chi connectivity index (χ0v) is 12.8. The van der Waals surface area contributed by atoms with Gasteiger partial charge in [0.15, 0.2) is 0 Å². The number of rotatable bonds is 7. The molecule has 0 radical (unpaired) electrons. The molecule has 0 spiro atoms. The first kappa shape index (κ1) is 16.0. The van der Waals surface area contributed by atoms with Gasteiger partial charge in [-0.05, 0) is 38.1 Å². The summed E-state index contributed by atoms with van der Waals surface area (Å²) in [6, 6.07) is 0.608. The summed E-state index contributed by atoms with van der Waals surface area (Å²) in [5.74, 6) is 1.35. The van der Waals surface area contributed by atoms with Crippen LogP contribution in [0.2, 0.25) is 0 Å². The zero-order valence-electron chi connectivity index (χ0n) is 12.0. The summed E-state index contributed by atoms with van der Waals surface area (Å²) >= 11 is 0. The summed E-state index contributed by atoms with van der Waals surface area (Å²) in [6.07, 6.45) is 7.79. The maximum atomic E-state index is 11.8. The van der Waals surface area contributed by atoms with E-state index in [9.17, 15) is 8.42 Å². The van der Waals surface area contributed by atoms with Gasteiger partial charge in [0.2, 0.25) is 0 Å². The molecule has 18 heavy (non-hydrogen) atoms. The molecule has 1 saturated carbocycles. The second-order valence-electron chi connectivity index (χ2n) is 5.58. The largest absolute Gasteiger partial charge is 0.314 e. The third-order valence-electron chi connectivity index (χ3n) is 3.88. The molecule has 0 aliphatic heterocycles. The molecule has 1 rings (SSSR count). The maximum Gasteiger partial charge on any atom is 0.150 e. The van der Waals surface area contributed by atoms with E-state index in [0.717, 1.165) is 25.8 Å². The van der Waals surface area contributed by atoms with Crippen LogP contribution in [-0.4, -0.2) is 32.5 Å². The van der Waals surface area contributed by atoms with Crippen LogP contribution in [0.1, 0.15) is 58.8 Å². The van der Waals surface area contributed by atoms with Gasteiger partial charge in [-0.15, -0.1) is 0 Å². The van der Waals surface area contributed by atoms with E-state index in [4.69, 9.17) is 0 Å². The number of nitrogens with one attached hydrogen (secondary N) is 1. The molecule has 0 aromatic heterocycles. The van der Waals surface area contributed by atoms with Gasteiger partial charge in [0.05, 0.1) is 5.75 Å². The highest BCUT2D eigenvalue weighted by atomic mass is 32.2. The number of hydrogen-bond donors (Lipinski definition) is 1. The van der Waals surface area contributed by atoms with Crippen molar-refractivity contribution < 1.29 is 8.42 Å². The second-order valence-corrected chi connectivity index (χ2v) is 7.88. The maximum absolute atomic E-state index is 11.8. The molecule has 1 N–H and O–H groups in total. The van der Waals surface area contributed by atoms with E-state index in [1.54, 1.807) is 0 Å². The smallest absolute Gasteiger partial charge is 0.150 e. The van der Waals surface area contributed by atoms with E-state index in [0.29, 0.717) is 23.5 Å². The van der Waals surface area contributed by atoms with Gasteiger partial charge in [-0.3, -0.25) is 0 Å². The highest BCUT2D eigenvalue weighted by molar-refractivity contribution is 7.91. The Labute approximate surface area is 113 Å². The predicted molar refractivity (Wildman–Crippen MR) is 77.6 cm³/mol. The van der Waals surface area contributed by atoms with Gasteiger partial charge in [0.25, 0.3) is 0 Å². The van der Waals surface area contributed by atoms with Gasteiger partial charge in [-0.1, -0.05) is 33.1 Å². The van der Waals surface area contributed by atoms with E-state index in [1.807, 2.05) is 6.92 Å². The van der Waals surface area contributed by atoms with Crippen molar-refractivity contribution in [2.24, 2.45) is 5.92 Å². The fourth-order valence-electron chi connectivity index (χ4n) is 2.96. The average Bonchev–Trinajstić information content (AvgIpc) is 2.52. The quantitative estimate of drug-likeness (QED) is 0.727. The monoisotopic (exact) mass is 275 g/mol. The standard InChI is InChI=1S/C14H29NO2S/c1-3-10-18(16,17)11-9-13-7-5-6-8-14(12-13)15-4-2/h13-15H,3-12H2,1-2H3. The number of hydrogen-bond acceptors (Lipinski definition) is 3. The molecule has 3 nitrogen and oxygen atoms in total. The minimum absolute atomic E-state index is 0.357. The summed E-state index contributed by atoms with van der Waals surface area (Å²) in [5.41, 5.74) is 0. The summed E-state index contributed by atoms with van der Waals surface area (Å²) in [7, 11) is -2.79. The Morgan fingerprint density at radius 3 is 2.50 bits per heavy atom. The van der Waals surface area contributed by atoms with Crippen molar-refractivity contribution >= 4 is 9.84 Å². The third kappa shape index (κ3) is 6.19. The molecule has 0 heterocycles. The van der Waals surface area contributed by atoms with Gasteiger partial charge in [-0.25, -0.2) is 8.42 Å². The van der Waals surface area contributed by atoms with E-state index in [1.165, 1.54) is 25.7 Å². The van der Waals surface area contributed by atoms with Gasteiger partial charge >= 0.3 is 0 Å². The summed E-state index contributed by atoms with van der Waals surface area (Å²) in [6.45, 7) is 5.10. The van der Waals surface area contributed by atoms with Crippen molar-refractivity contribution in [3.63, 3.8) is 0 Å². The van der Waals surface area contributed by atoms with E-state index >= 15 is 0 Å². The SMILES string of the molecule is CCCS(=O)(=O)CCC1CCCCC(NCC)C1. The van der Waals surface area contributed by atoms with Crippen LogP contribution in [0.5, 0.6) is 0 Å². The minimum Gasteiger partial charge on any atom is -0.314 e. The van der Waals surface area contributed by atoms with Gasteiger partial charge in [0, 0.05) is 11.8 Å². The molecular weight excluding hydrogens is 246 g/mol. The van der Waals surface area contributed by atoms with Crippen LogP contribution in [0.4, 0.5) is 0 Å². The molecule has 2 unspecified atom stereocenters. The van der Waals surface area contributed by atoms with Crippen LogP contribution in [0.3, 0.4) is 0 Å². The number of sulfone groups is 1. The highest BCUT2D eigenvalue weighted by Crippen LogP contribution is 2.26. The lowest BCUT2D eigenvalue weighted by atomic mass is 9.95. The Morgan fingerprint density at radius 1 is 1.11 bits per heavy atom. The Hall–Kier alpha value is -0.0900. The predicted octanol–water partition coefficient (Wildman–Crippen LogP) is 2.76. The van der Waals surface area contributed by atoms with Gasteiger partial charge in [-0.2, -0.15) is 0 Å².